The molecule has 0 N–H and O–H groups in total. The fourth-order valence-electron chi connectivity index (χ4n) is 3.41. The molecule has 138 valence electrons. The molecule has 2 aromatic rings. The fourth-order valence-corrected chi connectivity index (χ4v) is 3.41. The zero-order valence-electron chi connectivity index (χ0n) is 15.6. The van der Waals surface area contributed by atoms with E-state index in [1.807, 2.05) is 47.4 Å². The summed E-state index contributed by atoms with van der Waals surface area (Å²) in [5.41, 5.74) is 2.13. The summed E-state index contributed by atoms with van der Waals surface area (Å²) in [5.74, 6) is 1.83. The molecule has 1 aliphatic heterocycles. The first kappa shape index (κ1) is 18.3. The van der Waals surface area contributed by atoms with Crippen molar-refractivity contribution in [2.45, 2.75) is 12.5 Å². The summed E-state index contributed by atoms with van der Waals surface area (Å²) < 4.78 is 10.7. The Hall–Kier alpha value is -2.53. The lowest BCUT2D eigenvalue weighted by molar-refractivity contribution is -0.133. The molecule has 0 saturated carbocycles. The number of para-hydroxylation sites is 1. The van der Waals surface area contributed by atoms with Crippen LogP contribution < -0.4 is 9.47 Å². The molecule has 2 aromatic carbocycles. The Balaban J connectivity index is 1.71. The Bertz CT molecular complexity index is 745. The van der Waals surface area contributed by atoms with Crippen molar-refractivity contribution in [3.8, 4) is 11.5 Å². The first-order chi connectivity index (χ1) is 12.6. The van der Waals surface area contributed by atoms with Crippen LogP contribution in [0.1, 0.15) is 17.2 Å². The minimum Gasteiger partial charge on any atom is -0.497 e. The molecule has 1 heterocycles. The minimum atomic E-state index is 0.139. The summed E-state index contributed by atoms with van der Waals surface area (Å²) >= 11 is 0. The predicted molar refractivity (Wildman–Crippen MR) is 102 cm³/mol. The van der Waals surface area contributed by atoms with E-state index in [4.69, 9.17) is 9.47 Å². The summed E-state index contributed by atoms with van der Waals surface area (Å²) in [7, 11) is 5.43. The maximum absolute atomic E-state index is 12.8. The van der Waals surface area contributed by atoms with Gasteiger partial charge in [-0.3, -0.25) is 9.69 Å². The summed E-state index contributed by atoms with van der Waals surface area (Å²) in [6.45, 7) is 2.26. The largest absolute Gasteiger partial charge is 0.497 e. The van der Waals surface area contributed by atoms with Crippen molar-refractivity contribution < 1.29 is 14.3 Å². The average Bonchev–Trinajstić information content (AvgIpc) is 2.69. The van der Waals surface area contributed by atoms with Gasteiger partial charge in [0.15, 0.2) is 0 Å². The van der Waals surface area contributed by atoms with Gasteiger partial charge in [-0.15, -0.1) is 0 Å². The smallest absolute Gasteiger partial charge is 0.227 e. The number of carbonyl (C=O) groups excluding carboxylic acids is 1. The summed E-state index contributed by atoms with van der Waals surface area (Å²) in [4.78, 5) is 17.1. The van der Waals surface area contributed by atoms with Crippen molar-refractivity contribution in [2.24, 2.45) is 0 Å². The zero-order chi connectivity index (χ0) is 18.5. The average molecular weight is 354 g/mol. The van der Waals surface area contributed by atoms with E-state index in [9.17, 15) is 4.79 Å². The molecule has 0 radical (unpaired) electrons. The van der Waals surface area contributed by atoms with Gasteiger partial charge in [-0.05, 0) is 30.8 Å². The number of benzene rings is 2. The molecule has 1 aliphatic rings. The Morgan fingerprint density at radius 3 is 2.46 bits per heavy atom. The van der Waals surface area contributed by atoms with Gasteiger partial charge in [-0.25, -0.2) is 0 Å². The van der Waals surface area contributed by atoms with Crippen LogP contribution >= 0.6 is 0 Å². The van der Waals surface area contributed by atoms with Gasteiger partial charge in [0.05, 0.1) is 26.7 Å². The van der Waals surface area contributed by atoms with E-state index in [0.717, 1.165) is 35.7 Å². The van der Waals surface area contributed by atoms with Crippen LogP contribution in [0.25, 0.3) is 0 Å². The second kappa shape index (κ2) is 8.23. The normalized spacial score (nSPS) is 17.8. The number of likely N-dealkylation sites (N-methyl/N-ethyl adjacent to an activating group) is 1. The number of amides is 1. The number of methoxy groups -OCH3 is 2. The molecule has 26 heavy (non-hydrogen) atoms. The number of hydrogen-bond acceptors (Lipinski definition) is 4. The van der Waals surface area contributed by atoms with Gasteiger partial charge < -0.3 is 14.4 Å². The summed E-state index contributed by atoms with van der Waals surface area (Å²) in [5, 5.41) is 0. The lowest BCUT2D eigenvalue weighted by atomic mass is 10.0. The Morgan fingerprint density at radius 1 is 1.04 bits per heavy atom. The van der Waals surface area contributed by atoms with Crippen molar-refractivity contribution in [1.82, 2.24) is 9.80 Å². The Morgan fingerprint density at radius 2 is 1.77 bits per heavy atom. The maximum Gasteiger partial charge on any atom is 0.227 e. The lowest BCUT2D eigenvalue weighted by Gasteiger charge is -2.40. The molecule has 0 spiro atoms. The first-order valence-electron chi connectivity index (χ1n) is 8.86. The third kappa shape index (κ3) is 3.99. The van der Waals surface area contributed by atoms with Gasteiger partial charge in [0.25, 0.3) is 0 Å². The van der Waals surface area contributed by atoms with Gasteiger partial charge in [-0.2, -0.15) is 0 Å². The van der Waals surface area contributed by atoms with Crippen LogP contribution in [-0.4, -0.2) is 56.6 Å². The molecule has 1 fully saturated rings. The third-order valence-corrected chi connectivity index (χ3v) is 5.01. The molecule has 0 aliphatic carbocycles. The number of nitrogens with zero attached hydrogens (tertiary/aromatic N) is 2. The van der Waals surface area contributed by atoms with Crippen molar-refractivity contribution in [3.05, 3.63) is 59.7 Å². The zero-order valence-corrected chi connectivity index (χ0v) is 15.6. The van der Waals surface area contributed by atoms with Crippen LogP contribution in [0, 0.1) is 0 Å². The fraction of sp³-hybridized carbons (Fsp3) is 0.381. The SMILES string of the molecule is COc1ccc(CC(=O)N2CCN(C)C(c3ccccc3OC)C2)cc1. The van der Waals surface area contributed by atoms with Crippen LogP contribution in [0.2, 0.25) is 0 Å². The van der Waals surface area contributed by atoms with E-state index in [1.54, 1.807) is 14.2 Å². The highest BCUT2D eigenvalue weighted by atomic mass is 16.5. The van der Waals surface area contributed by atoms with Gasteiger partial charge >= 0.3 is 0 Å². The van der Waals surface area contributed by atoms with Gasteiger partial charge in [0.2, 0.25) is 5.91 Å². The van der Waals surface area contributed by atoms with Crippen LogP contribution in [0.4, 0.5) is 0 Å². The van der Waals surface area contributed by atoms with Crippen LogP contribution in [-0.2, 0) is 11.2 Å². The van der Waals surface area contributed by atoms with Crippen LogP contribution in [0.15, 0.2) is 48.5 Å². The van der Waals surface area contributed by atoms with E-state index in [-0.39, 0.29) is 11.9 Å². The van der Waals surface area contributed by atoms with Gasteiger partial charge in [0.1, 0.15) is 11.5 Å². The quantitative estimate of drug-likeness (QED) is 0.828. The van der Waals surface area contributed by atoms with E-state index >= 15 is 0 Å². The predicted octanol–water partition coefficient (Wildman–Crippen LogP) is 2.76. The summed E-state index contributed by atoms with van der Waals surface area (Å²) in [6.07, 6.45) is 0.409. The summed E-state index contributed by atoms with van der Waals surface area (Å²) in [6, 6.07) is 15.9. The first-order valence-corrected chi connectivity index (χ1v) is 8.86. The second-order valence-corrected chi connectivity index (χ2v) is 6.60. The third-order valence-electron chi connectivity index (χ3n) is 5.01. The topological polar surface area (TPSA) is 42.0 Å². The molecule has 0 bridgehead atoms. The molecule has 1 amide bonds. The lowest BCUT2D eigenvalue weighted by Crippen LogP contribution is -2.49. The van der Waals surface area contributed by atoms with Crippen LogP contribution in [0.5, 0.6) is 11.5 Å². The Labute approximate surface area is 155 Å². The molecule has 0 aromatic heterocycles. The molecule has 5 heteroatoms. The highest BCUT2D eigenvalue weighted by Crippen LogP contribution is 2.31. The van der Waals surface area contributed by atoms with E-state index in [0.29, 0.717) is 13.0 Å². The van der Waals surface area contributed by atoms with Crippen molar-refractivity contribution in [2.75, 3.05) is 40.9 Å². The van der Waals surface area contributed by atoms with Crippen LogP contribution in [0.3, 0.4) is 0 Å². The molecule has 1 unspecified atom stereocenters. The maximum atomic E-state index is 12.8. The number of hydrogen-bond donors (Lipinski definition) is 0. The molecule has 3 rings (SSSR count). The highest BCUT2D eigenvalue weighted by Gasteiger charge is 2.30. The van der Waals surface area contributed by atoms with Gasteiger partial charge in [0, 0.05) is 25.2 Å². The van der Waals surface area contributed by atoms with E-state index in [1.165, 1.54) is 0 Å². The standard InChI is InChI=1S/C21H26N2O3/c1-22-12-13-23(15-19(22)18-6-4-5-7-20(18)26-3)21(24)14-16-8-10-17(25-2)11-9-16/h4-11,19H,12-15H2,1-3H3. The monoisotopic (exact) mass is 354 g/mol. The Kier molecular flexibility index (Phi) is 5.78. The number of ether oxygens (including phenoxy) is 2. The molecular weight excluding hydrogens is 328 g/mol. The van der Waals surface area contributed by atoms with E-state index in [2.05, 4.69) is 18.0 Å². The second-order valence-electron chi connectivity index (χ2n) is 6.60. The van der Waals surface area contributed by atoms with E-state index < -0.39 is 0 Å². The highest BCUT2D eigenvalue weighted by molar-refractivity contribution is 5.79. The molecular formula is C21H26N2O3. The number of piperazine rings is 1. The molecule has 5 nitrogen and oxygen atoms in total. The minimum absolute atomic E-state index is 0.139. The number of carbonyl (C=O) groups is 1. The van der Waals surface area contributed by atoms with Crippen molar-refractivity contribution in [3.63, 3.8) is 0 Å². The molecule has 1 atom stereocenters. The van der Waals surface area contributed by atoms with Crippen molar-refractivity contribution >= 4 is 5.91 Å². The molecule has 1 saturated heterocycles. The van der Waals surface area contributed by atoms with Crippen molar-refractivity contribution in [1.29, 1.82) is 0 Å². The van der Waals surface area contributed by atoms with Gasteiger partial charge in [-0.1, -0.05) is 30.3 Å². The number of rotatable bonds is 5.